The highest BCUT2D eigenvalue weighted by atomic mass is 19.1. The highest BCUT2D eigenvalue weighted by Crippen LogP contribution is 2.23. The Hall–Kier alpha value is -3.06. The molecule has 2 N–H and O–H groups in total. The zero-order chi connectivity index (χ0) is 21.0. The van der Waals surface area contributed by atoms with E-state index in [4.69, 9.17) is 5.73 Å². The number of carbonyl (C=O) groups is 2. The molecule has 1 aliphatic heterocycles. The molecule has 1 saturated heterocycles. The van der Waals surface area contributed by atoms with Crippen LogP contribution in [0.2, 0.25) is 0 Å². The van der Waals surface area contributed by atoms with Gasteiger partial charge in [0.1, 0.15) is 11.8 Å². The average Bonchev–Trinajstić information content (AvgIpc) is 3.16. The Morgan fingerprint density at radius 1 is 1.21 bits per heavy atom. The number of piperidine rings is 1. The molecule has 0 saturated carbocycles. The van der Waals surface area contributed by atoms with Crippen LogP contribution < -0.4 is 5.73 Å². The summed E-state index contributed by atoms with van der Waals surface area (Å²) in [7, 11) is 2.03. The van der Waals surface area contributed by atoms with Crippen molar-refractivity contribution < 1.29 is 14.0 Å². The Morgan fingerprint density at radius 3 is 2.41 bits per heavy atom. The summed E-state index contributed by atoms with van der Waals surface area (Å²) < 4.78 is 14.2. The van der Waals surface area contributed by atoms with Crippen molar-refractivity contribution in [1.82, 2.24) is 14.5 Å². The maximum absolute atomic E-state index is 12.3. The molecule has 1 aromatic carbocycles. The van der Waals surface area contributed by atoms with Crippen molar-refractivity contribution in [3.05, 3.63) is 59.4 Å². The maximum Gasteiger partial charge on any atom is 0.248 e. The van der Waals surface area contributed by atoms with Gasteiger partial charge in [-0.25, -0.2) is 9.37 Å². The van der Waals surface area contributed by atoms with Crippen LogP contribution in [0.5, 0.6) is 0 Å². The molecule has 0 aliphatic carbocycles. The number of carbonyl (C=O) groups excluding carboxylic acids is 2. The van der Waals surface area contributed by atoms with Crippen molar-refractivity contribution in [3.8, 4) is 5.69 Å². The van der Waals surface area contributed by atoms with Gasteiger partial charge >= 0.3 is 0 Å². The van der Waals surface area contributed by atoms with Crippen molar-refractivity contribution in [1.29, 1.82) is 0 Å². The van der Waals surface area contributed by atoms with Gasteiger partial charge in [0.25, 0.3) is 0 Å². The number of aryl methyl sites for hydroxylation is 1. The molecule has 152 valence electrons. The molecule has 4 rings (SSSR count). The monoisotopic (exact) mass is 396 g/mol. The van der Waals surface area contributed by atoms with Crippen LogP contribution >= 0.6 is 0 Å². The molecule has 2 aromatic heterocycles. The third-order valence-corrected chi connectivity index (χ3v) is 5.23. The quantitative estimate of drug-likeness (QED) is 0.689. The maximum atomic E-state index is 12.3. The van der Waals surface area contributed by atoms with Crippen molar-refractivity contribution in [2.45, 2.75) is 25.9 Å². The van der Waals surface area contributed by atoms with Gasteiger partial charge in [-0.15, -0.1) is 0 Å². The van der Waals surface area contributed by atoms with Crippen LogP contribution in [-0.4, -0.2) is 53.0 Å². The highest BCUT2D eigenvalue weighted by Gasteiger charge is 2.14. The molecular formula is C22H25FN4O2. The van der Waals surface area contributed by atoms with Gasteiger partial charge < -0.3 is 15.2 Å². The van der Waals surface area contributed by atoms with Gasteiger partial charge in [-0.05, 0) is 62.7 Å². The molecular weight excluding hydrogens is 371 g/mol. The van der Waals surface area contributed by atoms with E-state index >= 15 is 0 Å². The number of benzene rings is 1. The Bertz CT molecular complexity index is 996. The molecule has 6 nitrogen and oxygen atoms in total. The molecule has 7 heteroatoms. The van der Waals surface area contributed by atoms with E-state index in [0.29, 0.717) is 11.1 Å². The Kier molecular flexibility index (Phi) is 6.39. The molecule has 1 amide bonds. The van der Waals surface area contributed by atoms with Gasteiger partial charge in [0, 0.05) is 47.7 Å². The summed E-state index contributed by atoms with van der Waals surface area (Å²) in [5.74, 6) is -0.455. The number of rotatable bonds is 3. The fourth-order valence-electron chi connectivity index (χ4n) is 3.32. The van der Waals surface area contributed by atoms with Crippen LogP contribution in [0.15, 0.2) is 42.7 Å². The highest BCUT2D eigenvalue weighted by molar-refractivity contribution is 5.93. The first-order chi connectivity index (χ1) is 13.9. The Balaban J connectivity index is 0.000000252. The first-order valence-corrected chi connectivity index (χ1v) is 9.55. The van der Waals surface area contributed by atoms with Crippen molar-refractivity contribution in [3.63, 3.8) is 0 Å². The summed E-state index contributed by atoms with van der Waals surface area (Å²) in [6.07, 6.45) is 5.21. The minimum absolute atomic E-state index is 0.455. The number of nitrogens with two attached hydrogens (primary N) is 1. The lowest BCUT2D eigenvalue weighted by Gasteiger charge is -2.23. The second kappa shape index (κ2) is 8.96. The molecule has 0 spiro atoms. The van der Waals surface area contributed by atoms with E-state index in [1.807, 2.05) is 42.9 Å². The third kappa shape index (κ3) is 4.68. The zero-order valence-corrected chi connectivity index (χ0v) is 16.6. The number of aromatic nitrogens is 2. The largest absolute Gasteiger partial charge is 0.366 e. The van der Waals surface area contributed by atoms with Crippen LogP contribution in [0.25, 0.3) is 16.7 Å². The van der Waals surface area contributed by atoms with Gasteiger partial charge in [-0.3, -0.25) is 9.59 Å². The summed E-state index contributed by atoms with van der Waals surface area (Å²) in [5, 5.41) is 0.929. The van der Waals surface area contributed by atoms with Gasteiger partial charge in [0.15, 0.2) is 6.29 Å². The molecule has 0 atom stereocenters. The topological polar surface area (TPSA) is 81.2 Å². The normalized spacial score (nSPS) is 15.0. The standard InChI is InChI=1S/C16H13N3O2.C6H12FN/c1-10-12(9-20)8-18-16-14(10)6-7-19(16)13-4-2-11(3-5-13)15(17)21;1-8-4-2-6(7)3-5-8/h2-9H,1H3,(H2,17,21);6H,2-5H2,1H3. The van der Waals surface area contributed by atoms with E-state index in [1.54, 1.807) is 18.3 Å². The van der Waals surface area contributed by atoms with Crippen LogP contribution in [0.3, 0.4) is 0 Å². The van der Waals surface area contributed by atoms with Gasteiger partial charge in [-0.1, -0.05) is 0 Å². The lowest BCUT2D eigenvalue weighted by atomic mass is 10.1. The number of primary amides is 1. The fourth-order valence-corrected chi connectivity index (χ4v) is 3.32. The summed E-state index contributed by atoms with van der Waals surface area (Å²) in [6, 6.07) is 8.90. The summed E-state index contributed by atoms with van der Waals surface area (Å²) in [5.41, 5.74) is 8.83. The minimum Gasteiger partial charge on any atom is -0.366 e. The predicted octanol–water partition coefficient (Wildman–Crippen LogP) is 3.30. The number of pyridine rings is 1. The predicted molar refractivity (Wildman–Crippen MR) is 111 cm³/mol. The van der Waals surface area contributed by atoms with Gasteiger partial charge in [0.2, 0.25) is 5.91 Å². The van der Waals surface area contributed by atoms with Crippen molar-refractivity contribution in [2.24, 2.45) is 5.73 Å². The van der Waals surface area contributed by atoms with Gasteiger partial charge in [-0.2, -0.15) is 0 Å². The van der Waals surface area contributed by atoms with E-state index in [2.05, 4.69) is 9.88 Å². The number of halogens is 1. The summed E-state index contributed by atoms with van der Waals surface area (Å²) in [6.45, 7) is 3.76. The van der Waals surface area contributed by atoms with E-state index in [-0.39, 0.29) is 0 Å². The molecule has 1 fully saturated rings. The number of alkyl halides is 1. The smallest absolute Gasteiger partial charge is 0.248 e. The number of aldehydes is 1. The molecule has 3 aromatic rings. The molecule has 0 radical (unpaired) electrons. The Morgan fingerprint density at radius 2 is 1.86 bits per heavy atom. The third-order valence-electron chi connectivity index (χ3n) is 5.23. The van der Waals surface area contributed by atoms with E-state index in [1.165, 1.54) is 0 Å². The number of nitrogens with zero attached hydrogens (tertiary/aromatic N) is 3. The van der Waals surface area contributed by atoms with E-state index < -0.39 is 12.1 Å². The summed E-state index contributed by atoms with van der Waals surface area (Å²) in [4.78, 5) is 28.6. The van der Waals surface area contributed by atoms with Crippen LogP contribution in [0.1, 0.15) is 39.1 Å². The summed E-state index contributed by atoms with van der Waals surface area (Å²) >= 11 is 0. The van der Waals surface area contributed by atoms with Crippen molar-refractivity contribution in [2.75, 3.05) is 20.1 Å². The fraction of sp³-hybridized carbons (Fsp3) is 0.318. The lowest BCUT2D eigenvalue weighted by molar-refractivity contribution is 0.1000. The van der Waals surface area contributed by atoms with Crippen LogP contribution in [0.4, 0.5) is 4.39 Å². The minimum atomic E-state index is -0.522. The number of hydrogen-bond acceptors (Lipinski definition) is 4. The van der Waals surface area contributed by atoms with E-state index in [9.17, 15) is 14.0 Å². The first-order valence-electron chi connectivity index (χ1n) is 9.55. The first kappa shape index (κ1) is 20.7. The molecule has 0 unspecified atom stereocenters. The van der Waals surface area contributed by atoms with E-state index in [0.717, 1.165) is 54.5 Å². The average molecular weight is 396 g/mol. The molecule has 0 bridgehead atoms. The second-order valence-electron chi connectivity index (χ2n) is 7.27. The molecule has 3 heterocycles. The van der Waals surface area contributed by atoms with Gasteiger partial charge in [0.05, 0.1) is 0 Å². The molecule has 29 heavy (non-hydrogen) atoms. The second-order valence-corrected chi connectivity index (χ2v) is 7.27. The number of fused-ring (bicyclic) bond motifs is 1. The lowest BCUT2D eigenvalue weighted by Crippen LogP contribution is -2.30. The number of amides is 1. The van der Waals surface area contributed by atoms with Crippen molar-refractivity contribution >= 4 is 23.2 Å². The number of hydrogen-bond donors (Lipinski definition) is 1. The van der Waals surface area contributed by atoms with Crippen LogP contribution in [-0.2, 0) is 0 Å². The number of likely N-dealkylation sites (tertiary alicyclic amines) is 1. The SMILES string of the molecule is CN1CCC(F)CC1.Cc1c(C=O)cnc2c1ccn2-c1ccc(C(N)=O)cc1. The Labute approximate surface area is 169 Å². The zero-order valence-electron chi connectivity index (χ0n) is 16.6. The molecule has 1 aliphatic rings. The van der Waals surface area contributed by atoms with Crippen LogP contribution in [0, 0.1) is 6.92 Å².